The molecule has 0 aliphatic heterocycles. The summed E-state index contributed by atoms with van der Waals surface area (Å²) in [6.45, 7) is -0.829. The molecule has 0 radical (unpaired) electrons. The number of alkyl halides is 3. The molecule has 0 saturated heterocycles. The molecular weight excluding hydrogens is 495 g/mol. The zero-order valence-corrected chi connectivity index (χ0v) is 20.4. The molecule has 2 aromatic rings. The summed E-state index contributed by atoms with van der Waals surface area (Å²) in [6, 6.07) is 9.98. The molecule has 0 amide bonds. The average molecular weight is 522 g/mol. The highest BCUT2D eigenvalue weighted by Crippen LogP contribution is 2.67. The summed E-state index contributed by atoms with van der Waals surface area (Å²) in [5, 5.41) is 12.6. The van der Waals surface area contributed by atoms with Crippen LogP contribution in [0.25, 0.3) is 0 Å². The van der Waals surface area contributed by atoms with Gasteiger partial charge in [0.25, 0.3) is 0 Å². The second-order valence-corrected chi connectivity index (χ2v) is 12.0. The third-order valence-electron chi connectivity index (χ3n) is 6.80. The number of rotatable bonds is 10. The van der Waals surface area contributed by atoms with E-state index < -0.39 is 22.7 Å². The number of aromatic nitrogens is 1. The first-order valence-electron chi connectivity index (χ1n) is 11.6. The number of anilines is 3. The van der Waals surface area contributed by atoms with Gasteiger partial charge in [0.2, 0.25) is 10.0 Å². The number of sulfonamides is 1. The van der Waals surface area contributed by atoms with Gasteiger partial charge in [-0.25, -0.2) is 18.1 Å². The Morgan fingerprint density at radius 2 is 1.86 bits per heavy atom. The molecule has 1 aromatic carbocycles. The van der Waals surface area contributed by atoms with Crippen LogP contribution in [0, 0.1) is 16.7 Å². The van der Waals surface area contributed by atoms with Gasteiger partial charge in [0.05, 0.1) is 30.3 Å². The van der Waals surface area contributed by atoms with Crippen LogP contribution in [-0.2, 0) is 10.0 Å². The molecule has 0 atom stereocenters. The topological polar surface area (TPSA) is 107 Å². The zero-order valence-electron chi connectivity index (χ0n) is 19.6. The van der Waals surface area contributed by atoms with E-state index in [9.17, 15) is 26.9 Å². The first-order valence-corrected chi connectivity index (χ1v) is 13.5. The van der Waals surface area contributed by atoms with Crippen LogP contribution in [-0.4, -0.2) is 50.6 Å². The van der Waals surface area contributed by atoms with E-state index in [1.807, 2.05) is 6.07 Å². The van der Waals surface area contributed by atoms with Crippen molar-refractivity contribution in [1.82, 2.24) is 9.71 Å². The van der Waals surface area contributed by atoms with E-state index in [1.165, 1.54) is 24.4 Å². The van der Waals surface area contributed by atoms with Gasteiger partial charge in [0.15, 0.2) is 0 Å². The first-order chi connectivity index (χ1) is 16.9. The van der Waals surface area contributed by atoms with Crippen LogP contribution in [0.3, 0.4) is 0 Å². The standard InChI is InChI=1S/C24H26F3N5O3S/c1-36(33,34)31-23-11-22(12-23,13-23)15-35-20-6-4-18(5-7-20)32(14-24(25,26)27)19-8-16(9-28)21(29-10-19)30-17-2-3-17/h4-8,10,17,31H,2-3,11-15H2,1H3,(H,29,30). The SMILES string of the molecule is CS(=O)(=O)NC12CC(COc3ccc(N(CC(F)(F)F)c4cnc(NC5CC5)c(C#N)c4)cc3)(C1)C2. The summed E-state index contributed by atoms with van der Waals surface area (Å²) in [6.07, 6.45) is 2.10. The van der Waals surface area contributed by atoms with Gasteiger partial charge in [-0.1, -0.05) is 0 Å². The number of halogens is 3. The number of nitrogens with one attached hydrogen (secondary N) is 2. The Balaban J connectivity index is 1.27. The molecule has 0 unspecified atom stereocenters. The van der Waals surface area contributed by atoms with Crippen molar-refractivity contribution in [2.45, 2.75) is 49.9 Å². The molecule has 6 rings (SSSR count). The Kier molecular flexibility index (Phi) is 5.83. The normalized spacial score (nSPS) is 24.8. The van der Waals surface area contributed by atoms with Crippen LogP contribution in [0.4, 0.5) is 30.4 Å². The van der Waals surface area contributed by atoms with Crippen molar-refractivity contribution in [2.24, 2.45) is 5.41 Å². The number of hydrogen-bond donors (Lipinski definition) is 2. The third kappa shape index (κ3) is 5.37. The fourth-order valence-electron chi connectivity index (χ4n) is 5.35. The van der Waals surface area contributed by atoms with Gasteiger partial charge in [0.1, 0.15) is 24.2 Å². The molecule has 2 bridgehead atoms. The molecule has 8 nitrogen and oxygen atoms in total. The number of nitrogens with zero attached hydrogens (tertiary/aromatic N) is 3. The Morgan fingerprint density at radius 3 is 2.42 bits per heavy atom. The summed E-state index contributed by atoms with van der Waals surface area (Å²) in [5.74, 6) is 0.891. The lowest BCUT2D eigenvalue weighted by Gasteiger charge is -2.69. The fourth-order valence-corrected chi connectivity index (χ4v) is 6.35. The van der Waals surface area contributed by atoms with Crippen LogP contribution in [0.2, 0.25) is 0 Å². The van der Waals surface area contributed by atoms with Gasteiger partial charge in [-0.15, -0.1) is 0 Å². The molecular formula is C24H26F3N5O3S. The predicted molar refractivity (Wildman–Crippen MR) is 128 cm³/mol. The number of pyridine rings is 1. The largest absolute Gasteiger partial charge is 0.493 e. The molecule has 12 heteroatoms. The Morgan fingerprint density at radius 1 is 1.19 bits per heavy atom. The second kappa shape index (κ2) is 8.52. The van der Waals surface area contributed by atoms with E-state index in [1.54, 1.807) is 12.1 Å². The van der Waals surface area contributed by atoms with E-state index in [4.69, 9.17) is 4.74 Å². The number of benzene rings is 1. The fraction of sp³-hybridized carbons (Fsp3) is 0.500. The van der Waals surface area contributed by atoms with Crippen molar-refractivity contribution in [3.63, 3.8) is 0 Å². The Hall–Kier alpha value is -3.04. The minimum atomic E-state index is -4.48. The number of nitriles is 1. The lowest BCUT2D eigenvalue weighted by Crippen LogP contribution is -2.76. The van der Waals surface area contributed by atoms with E-state index >= 15 is 0 Å². The van der Waals surface area contributed by atoms with Crippen molar-refractivity contribution >= 4 is 27.2 Å². The highest BCUT2D eigenvalue weighted by atomic mass is 32.2. The summed E-state index contributed by atoms with van der Waals surface area (Å²) >= 11 is 0. The zero-order chi connectivity index (χ0) is 25.8. The maximum Gasteiger partial charge on any atom is 0.406 e. The molecule has 192 valence electrons. The lowest BCUT2D eigenvalue weighted by molar-refractivity contribution is -0.162. The van der Waals surface area contributed by atoms with Crippen LogP contribution in [0.5, 0.6) is 5.75 Å². The van der Waals surface area contributed by atoms with Gasteiger partial charge < -0.3 is 15.0 Å². The van der Waals surface area contributed by atoms with Crippen molar-refractivity contribution in [3.8, 4) is 11.8 Å². The van der Waals surface area contributed by atoms with Gasteiger partial charge in [-0.3, -0.25) is 0 Å². The first kappa shape index (κ1) is 24.6. The third-order valence-corrected chi connectivity index (χ3v) is 7.60. The smallest absolute Gasteiger partial charge is 0.406 e. The predicted octanol–water partition coefficient (Wildman–Crippen LogP) is 4.08. The molecule has 1 aromatic heterocycles. The monoisotopic (exact) mass is 521 g/mol. The maximum absolute atomic E-state index is 13.4. The molecule has 4 aliphatic carbocycles. The van der Waals surface area contributed by atoms with Crippen molar-refractivity contribution in [1.29, 1.82) is 5.26 Å². The second-order valence-electron chi connectivity index (χ2n) is 10.3. The quantitative estimate of drug-likeness (QED) is 0.485. The van der Waals surface area contributed by atoms with Crippen molar-refractivity contribution < 1.29 is 26.3 Å². The molecule has 4 fully saturated rings. The highest BCUT2D eigenvalue weighted by molar-refractivity contribution is 7.88. The summed E-state index contributed by atoms with van der Waals surface area (Å²) in [4.78, 5) is 5.29. The molecule has 1 heterocycles. The number of ether oxygens (including phenoxy) is 1. The van der Waals surface area contributed by atoms with Crippen LogP contribution >= 0.6 is 0 Å². The summed E-state index contributed by atoms with van der Waals surface area (Å²) in [5.41, 5.74) is 0.229. The van der Waals surface area contributed by atoms with E-state index in [0.717, 1.165) is 24.0 Å². The van der Waals surface area contributed by atoms with Crippen LogP contribution < -0.4 is 19.7 Å². The minimum Gasteiger partial charge on any atom is -0.493 e. The van der Waals surface area contributed by atoms with Crippen molar-refractivity contribution in [2.75, 3.05) is 29.6 Å². The van der Waals surface area contributed by atoms with Gasteiger partial charge in [-0.2, -0.15) is 18.4 Å². The molecule has 36 heavy (non-hydrogen) atoms. The average Bonchev–Trinajstić information content (AvgIpc) is 3.56. The summed E-state index contributed by atoms with van der Waals surface area (Å²) in [7, 11) is -3.26. The lowest BCUT2D eigenvalue weighted by atomic mass is 9.40. The van der Waals surface area contributed by atoms with Crippen LogP contribution in [0.1, 0.15) is 37.7 Å². The van der Waals surface area contributed by atoms with E-state index in [2.05, 4.69) is 15.0 Å². The molecule has 4 aliphatic rings. The van der Waals surface area contributed by atoms with Gasteiger partial charge >= 0.3 is 6.18 Å². The highest BCUT2D eigenvalue weighted by Gasteiger charge is 2.69. The van der Waals surface area contributed by atoms with Crippen molar-refractivity contribution in [3.05, 3.63) is 42.1 Å². The van der Waals surface area contributed by atoms with E-state index in [-0.39, 0.29) is 33.9 Å². The van der Waals surface area contributed by atoms with Gasteiger partial charge in [0, 0.05) is 22.7 Å². The Labute approximate surface area is 207 Å². The molecule has 0 spiro atoms. The Bertz CT molecular complexity index is 1280. The minimum absolute atomic E-state index is 0.0612. The molecule has 2 N–H and O–H groups in total. The van der Waals surface area contributed by atoms with E-state index in [0.29, 0.717) is 37.4 Å². The number of hydrogen-bond acceptors (Lipinski definition) is 7. The van der Waals surface area contributed by atoms with Gasteiger partial charge in [-0.05, 0) is 62.4 Å². The maximum atomic E-state index is 13.4. The molecule has 4 saturated carbocycles. The summed E-state index contributed by atoms with van der Waals surface area (Å²) < 4.78 is 71.8. The van der Waals surface area contributed by atoms with Crippen LogP contribution in [0.15, 0.2) is 36.5 Å².